The van der Waals surface area contributed by atoms with Gasteiger partial charge in [-0.05, 0) is 30.3 Å². The molecular weight excluding hydrogens is 392 g/mol. The standard InChI is InChI=1S/C21H18N2O7/c1-27-20(25)14-10-29-11-23(18(14)21(26)28-2)12-7-8-16(24)13(9-12)19-22-15-5-3-4-6-17(15)30-19/h3-9,24H,10-11H2,1-2H3. The van der Waals surface area contributed by atoms with Crippen molar-refractivity contribution in [3.8, 4) is 17.2 Å². The maximum atomic E-state index is 12.5. The summed E-state index contributed by atoms with van der Waals surface area (Å²) >= 11 is 0. The van der Waals surface area contributed by atoms with Crippen molar-refractivity contribution >= 4 is 28.7 Å². The average Bonchev–Trinajstić information content (AvgIpc) is 3.22. The van der Waals surface area contributed by atoms with E-state index in [4.69, 9.17) is 18.6 Å². The van der Waals surface area contributed by atoms with Crippen LogP contribution in [0.5, 0.6) is 5.75 Å². The first kappa shape index (κ1) is 19.5. The largest absolute Gasteiger partial charge is 0.507 e. The van der Waals surface area contributed by atoms with Crippen LogP contribution in [0.1, 0.15) is 0 Å². The Hall–Kier alpha value is -3.85. The van der Waals surface area contributed by atoms with E-state index in [-0.39, 0.29) is 36.2 Å². The molecule has 0 saturated carbocycles. The van der Waals surface area contributed by atoms with Crippen molar-refractivity contribution in [1.29, 1.82) is 0 Å². The van der Waals surface area contributed by atoms with Gasteiger partial charge in [0.1, 0.15) is 23.7 Å². The molecular formula is C21H18N2O7. The monoisotopic (exact) mass is 410 g/mol. The highest BCUT2D eigenvalue weighted by molar-refractivity contribution is 6.03. The summed E-state index contributed by atoms with van der Waals surface area (Å²) in [5, 5.41) is 10.4. The van der Waals surface area contributed by atoms with Gasteiger partial charge in [0.05, 0.1) is 32.0 Å². The van der Waals surface area contributed by atoms with Crippen LogP contribution in [0.25, 0.3) is 22.6 Å². The maximum Gasteiger partial charge on any atom is 0.355 e. The minimum Gasteiger partial charge on any atom is -0.507 e. The Kier molecular flexibility index (Phi) is 5.11. The van der Waals surface area contributed by atoms with Gasteiger partial charge in [0, 0.05) is 5.69 Å². The predicted octanol–water partition coefficient (Wildman–Crippen LogP) is 2.59. The van der Waals surface area contributed by atoms with Crippen LogP contribution in [0.4, 0.5) is 5.69 Å². The van der Waals surface area contributed by atoms with Crippen LogP contribution in [0.15, 0.2) is 58.2 Å². The van der Waals surface area contributed by atoms with E-state index in [1.807, 2.05) is 12.1 Å². The molecule has 0 amide bonds. The van der Waals surface area contributed by atoms with Gasteiger partial charge in [-0.1, -0.05) is 12.1 Å². The molecule has 0 unspecified atom stereocenters. The molecule has 2 heterocycles. The fourth-order valence-electron chi connectivity index (χ4n) is 3.20. The first-order valence-corrected chi connectivity index (χ1v) is 8.97. The van der Waals surface area contributed by atoms with Crippen molar-refractivity contribution in [1.82, 2.24) is 4.98 Å². The van der Waals surface area contributed by atoms with Crippen molar-refractivity contribution in [2.75, 3.05) is 32.5 Å². The Balaban J connectivity index is 1.82. The van der Waals surface area contributed by atoms with Crippen molar-refractivity contribution in [3.05, 3.63) is 53.7 Å². The van der Waals surface area contributed by atoms with E-state index in [0.717, 1.165) is 0 Å². The third-order valence-electron chi connectivity index (χ3n) is 4.65. The first-order chi connectivity index (χ1) is 14.5. The van der Waals surface area contributed by atoms with Crippen LogP contribution >= 0.6 is 0 Å². The van der Waals surface area contributed by atoms with Gasteiger partial charge < -0.3 is 28.6 Å². The van der Waals surface area contributed by atoms with E-state index in [9.17, 15) is 14.7 Å². The van der Waals surface area contributed by atoms with Crippen LogP contribution in [0.3, 0.4) is 0 Å². The number of para-hydroxylation sites is 2. The molecule has 30 heavy (non-hydrogen) atoms. The molecule has 1 aliphatic heterocycles. The average molecular weight is 410 g/mol. The van der Waals surface area contributed by atoms with E-state index < -0.39 is 11.9 Å². The summed E-state index contributed by atoms with van der Waals surface area (Å²) in [6.45, 7) is -0.105. The Morgan fingerprint density at radius 3 is 2.60 bits per heavy atom. The van der Waals surface area contributed by atoms with Gasteiger partial charge in [0.2, 0.25) is 5.89 Å². The van der Waals surface area contributed by atoms with E-state index in [2.05, 4.69) is 4.98 Å². The number of carbonyl (C=O) groups is 2. The van der Waals surface area contributed by atoms with E-state index in [1.54, 1.807) is 24.3 Å². The number of hydrogen-bond donors (Lipinski definition) is 1. The van der Waals surface area contributed by atoms with Crippen molar-refractivity contribution in [2.45, 2.75) is 0 Å². The third kappa shape index (κ3) is 3.35. The smallest absolute Gasteiger partial charge is 0.355 e. The minimum absolute atomic E-state index is 0.00445. The number of aromatic nitrogens is 1. The van der Waals surface area contributed by atoms with E-state index in [1.165, 1.54) is 25.2 Å². The quantitative estimate of drug-likeness (QED) is 0.649. The van der Waals surface area contributed by atoms with Gasteiger partial charge in [-0.25, -0.2) is 14.6 Å². The molecule has 9 heteroatoms. The molecule has 3 aromatic rings. The molecule has 154 valence electrons. The number of aromatic hydroxyl groups is 1. The summed E-state index contributed by atoms with van der Waals surface area (Å²) in [4.78, 5) is 30.5. The number of carbonyl (C=O) groups excluding carboxylic acids is 2. The number of ether oxygens (including phenoxy) is 3. The van der Waals surface area contributed by atoms with Crippen LogP contribution in [-0.4, -0.2) is 49.6 Å². The molecule has 0 fully saturated rings. The molecule has 0 bridgehead atoms. The Morgan fingerprint density at radius 2 is 1.87 bits per heavy atom. The molecule has 1 aromatic heterocycles. The molecule has 9 nitrogen and oxygen atoms in total. The van der Waals surface area contributed by atoms with Gasteiger partial charge in [-0.15, -0.1) is 0 Å². The van der Waals surface area contributed by atoms with Gasteiger partial charge in [-0.3, -0.25) is 0 Å². The fourth-order valence-corrected chi connectivity index (χ4v) is 3.20. The van der Waals surface area contributed by atoms with Crippen molar-refractivity contribution in [3.63, 3.8) is 0 Å². The minimum atomic E-state index is -0.713. The molecule has 4 rings (SSSR count). The topological polar surface area (TPSA) is 111 Å². The van der Waals surface area contributed by atoms with Crippen molar-refractivity contribution < 1.29 is 33.3 Å². The lowest BCUT2D eigenvalue weighted by atomic mass is 10.1. The summed E-state index contributed by atoms with van der Waals surface area (Å²) in [6, 6.07) is 11.8. The van der Waals surface area contributed by atoms with Crippen LogP contribution in [0.2, 0.25) is 0 Å². The highest BCUT2D eigenvalue weighted by Gasteiger charge is 2.32. The lowest BCUT2D eigenvalue weighted by molar-refractivity contribution is -0.140. The second-order valence-electron chi connectivity index (χ2n) is 6.40. The SMILES string of the molecule is COC(=O)C1=C(C(=O)OC)N(c2ccc(O)c(-c3nc4ccccc4o3)c2)COC1. The zero-order valence-corrected chi connectivity index (χ0v) is 16.2. The molecule has 0 radical (unpaired) electrons. The Bertz CT molecular complexity index is 1130. The molecule has 1 aliphatic rings. The van der Waals surface area contributed by atoms with Gasteiger partial charge in [0.25, 0.3) is 0 Å². The lowest BCUT2D eigenvalue weighted by Gasteiger charge is -2.31. The fraction of sp³-hybridized carbons (Fsp3) is 0.190. The van der Waals surface area contributed by atoms with Crippen LogP contribution in [0, 0.1) is 0 Å². The number of fused-ring (bicyclic) bond motifs is 1. The number of methoxy groups -OCH3 is 2. The van der Waals surface area contributed by atoms with E-state index in [0.29, 0.717) is 22.4 Å². The molecule has 0 aliphatic carbocycles. The van der Waals surface area contributed by atoms with Crippen LogP contribution in [-0.2, 0) is 23.8 Å². The number of anilines is 1. The first-order valence-electron chi connectivity index (χ1n) is 8.97. The van der Waals surface area contributed by atoms with Gasteiger partial charge >= 0.3 is 11.9 Å². The molecule has 2 aromatic carbocycles. The number of benzene rings is 2. The number of hydrogen-bond acceptors (Lipinski definition) is 9. The number of phenolic OH excluding ortho intramolecular Hbond substituents is 1. The highest BCUT2D eigenvalue weighted by Crippen LogP contribution is 2.36. The summed E-state index contributed by atoms with van der Waals surface area (Å²) < 4.78 is 20.9. The Labute approximate surface area is 171 Å². The number of oxazole rings is 1. The normalized spacial score (nSPS) is 14.1. The molecule has 0 spiro atoms. The summed E-state index contributed by atoms with van der Waals surface area (Å²) in [5.74, 6) is -1.25. The molecule has 0 saturated heterocycles. The second kappa shape index (κ2) is 7.88. The zero-order chi connectivity index (χ0) is 21.3. The lowest BCUT2D eigenvalue weighted by Crippen LogP contribution is -2.38. The number of phenols is 1. The van der Waals surface area contributed by atoms with Gasteiger partial charge in [0.15, 0.2) is 5.58 Å². The predicted molar refractivity (Wildman–Crippen MR) is 105 cm³/mol. The summed E-state index contributed by atoms with van der Waals surface area (Å²) in [6.07, 6.45) is 0. The number of esters is 2. The second-order valence-corrected chi connectivity index (χ2v) is 6.40. The zero-order valence-electron chi connectivity index (χ0n) is 16.2. The van der Waals surface area contributed by atoms with Crippen LogP contribution < -0.4 is 4.90 Å². The van der Waals surface area contributed by atoms with E-state index >= 15 is 0 Å². The van der Waals surface area contributed by atoms with Crippen molar-refractivity contribution in [2.24, 2.45) is 0 Å². The Morgan fingerprint density at radius 1 is 1.10 bits per heavy atom. The molecule has 0 atom stereocenters. The summed E-state index contributed by atoms with van der Waals surface area (Å²) in [7, 11) is 2.44. The third-order valence-corrected chi connectivity index (χ3v) is 4.65. The number of rotatable bonds is 4. The highest BCUT2D eigenvalue weighted by atomic mass is 16.5. The molecule has 1 N–H and O–H groups in total. The number of nitrogens with zero attached hydrogens (tertiary/aromatic N) is 2. The maximum absolute atomic E-state index is 12.5. The van der Waals surface area contributed by atoms with Gasteiger partial charge in [-0.2, -0.15) is 0 Å². The summed E-state index contributed by atoms with van der Waals surface area (Å²) in [5.41, 5.74) is 2.03.